The highest BCUT2D eigenvalue weighted by Crippen LogP contribution is 2.30. The van der Waals surface area contributed by atoms with Crippen LogP contribution < -0.4 is 15.0 Å². The summed E-state index contributed by atoms with van der Waals surface area (Å²) in [5.41, 5.74) is 1.54. The zero-order valence-electron chi connectivity index (χ0n) is 20.1. The van der Waals surface area contributed by atoms with Crippen LogP contribution in [0.15, 0.2) is 18.2 Å². The molecule has 0 fully saturated rings. The van der Waals surface area contributed by atoms with Crippen LogP contribution in [-0.4, -0.2) is 48.8 Å². The van der Waals surface area contributed by atoms with Gasteiger partial charge in [0.1, 0.15) is 5.75 Å². The molecule has 8 heteroatoms. The number of amides is 1. The number of rotatable bonds is 19. The highest BCUT2D eigenvalue weighted by Gasteiger charge is 2.11. The van der Waals surface area contributed by atoms with Gasteiger partial charge in [-0.1, -0.05) is 44.9 Å². The van der Waals surface area contributed by atoms with Crippen molar-refractivity contribution in [2.24, 2.45) is 0 Å². The molecular weight excluding hydrogens is 424 g/mol. The Kier molecular flexibility index (Phi) is 14.4. The molecule has 0 bridgehead atoms. The molecule has 0 heterocycles. The Balaban J connectivity index is 2.31. The van der Waals surface area contributed by atoms with Gasteiger partial charge in [-0.2, -0.15) is 0 Å². The van der Waals surface area contributed by atoms with Crippen molar-refractivity contribution in [1.29, 1.82) is 0 Å². The van der Waals surface area contributed by atoms with Gasteiger partial charge in [-0.05, 0) is 37.5 Å². The summed E-state index contributed by atoms with van der Waals surface area (Å²) in [6.07, 6.45) is 10.3. The molecule has 1 aromatic rings. The second-order valence-corrected chi connectivity index (χ2v) is 8.54. The summed E-state index contributed by atoms with van der Waals surface area (Å²) in [5, 5.41) is 20.3. The van der Waals surface area contributed by atoms with Crippen molar-refractivity contribution in [3.05, 3.63) is 18.2 Å². The number of anilines is 2. The summed E-state index contributed by atoms with van der Waals surface area (Å²) in [6.45, 7) is 0.274. The monoisotopic (exact) mass is 464 g/mol. The fraction of sp³-hybridized carbons (Fsp3) is 0.640. The highest BCUT2D eigenvalue weighted by molar-refractivity contribution is 5.93. The van der Waals surface area contributed by atoms with E-state index in [1.165, 1.54) is 0 Å². The molecule has 186 valence electrons. The van der Waals surface area contributed by atoms with E-state index >= 15 is 0 Å². The summed E-state index contributed by atoms with van der Waals surface area (Å²) >= 11 is 0. The molecule has 3 N–H and O–H groups in total. The normalized spacial score (nSPS) is 10.6. The number of carbonyl (C=O) groups excluding carboxylic acids is 1. The van der Waals surface area contributed by atoms with E-state index in [0.29, 0.717) is 24.3 Å². The lowest BCUT2D eigenvalue weighted by atomic mass is 10.1. The topological polar surface area (TPSA) is 116 Å². The molecule has 0 aliphatic heterocycles. The van der Waals surface area contributed by atoms with Crippen molar-refractivity contribution in [1.82, 2.24) is 0 Å². The molecule has 0 radical (unpaired) electrons. The first-order chi connectivity index (χ1) is 15.8. The summed E-state index contributed by atoms with van der Waals surface area (Å²) < 4.78 is 5.71. The maximum Gasteiger partial charge on any atom is 0.303 e. The number of carbonyl (C=O) groups is 3. The fourth-order valence-electron chi connectivity index (χ4n) is 3.44. The van der Waals surface area contributed by atoms with Gasteiger partial charge in [0.05, 0.1) is 12.3 Å². The summed E-state index contributed by atoms with van der Waals surface area (Å²) in [6, 6.07) is 5.56. The molecule has 0 spiro atoms. The highest BCUT2D eigenvalue weighted by atomic mass is 16.5. The third-order valence-corrected chi connectivity index (χ3v) is 5.34. The number of nitrogens with zero attached hydrogens (tertiary/aromatic N) is 1. The Hall–Kier alpha value is -2.77. The first-order valence-electron chi connectivity index (χ1n) is 12.0. The average molecular weight is 465 g/mol. The second-order valence-electron chi connectivity index (χ2n) is 8.54. The van der Waals surface area contributed by atoms with Crippen LogP contribution in [0.3, 0.4) is 0 Å². The van der Waals surface area contributed by atoms with E-state index in [1.807, 2.05) is 31.1 Å². The number of ether oxygens (including phenoxy) is 1. The molecule has 0 aliphatic rings. The largest absolute Gasteiger partial charge is 0.491 e. The van der Waals surface area contributed by atoms with Crippen LogP contribution in [0.5, 0.6) is 5.75 Å². The number of nitrogens with one attached hydrogen (secondary N) is 1. The van der Waals surface area contributed by atoms with E-state index < -0.39 is 11.9 Å². The van der Waals surface area contributed by atoms with E-state index in [1.54, 1.807) is 6.07 Å². The summed E-state index contributed by atoms with van der Waals surface area (Å²) in [7, 11) is 3.84. The van der Waals surface area contributed by atoms with E-state index in [-0.39, 0.29) is 25.4 Å². The van der Waals surface area contributed by atoms with Crippen LogP contribution in [0.1, 0.15) is 83.5 Å². The SMILES string of the molecule is CN(C)c1ccc(OCCCC(=O)O)c(NC(=O)CCCCCCCCCCCC(=O)O)c1. The van der Waals surface area contributed by atoms with Crippen LogP contribution in [0.4, 0.5) is 11.4 Å². The number of carboxylic acid groups (broad SMARTS) is 2. The summed E-state index contributed by atoms with van der Waals surface area (Å²) in [4.78, 5) is 35.5. The molecule has 0 aliphatic carbocycles. The molecule has 0 unspecified atom stereocenters. The smallest absolute Gasteiger partial charge is 0.303 e. The maximum absolute atomic E-state index is 12.4. The standard InChI is InChI=1S/C25H40N2O6/c1-27(2)20-16-17-22(33-18-12-15-25(31)32)21(19-20)26-23(28)13-10-8-6-4-3-5-7-9-11-14-24(29)30/h16-17,19H,3-15,18H2,1-2H3,(H,26,28)(H,29,30)(H,31,32). The van der Waals surface area contributed by atoms with Gasteiger partial charge in [0.15, 0.2) is 0 Å². The molecular formula is C25H40N2O6. The zero-order chi connectivity index (χ0) is 24.5. The third-order valence-electron chi connectivity index (χ3n) is 5.34. The lowest BCUT2D eigenvalue weighted by Crippen LogP contribution is -2.14. The fourth-order valence-corrected chi connectivity index (χ4v) is 3.44. The molecule has 0 atom stereocenters. The van der Waals surface area contributed by atoms with E-state index in [0.717, 1.165) is 63.5 Å². The number of hydrogen-bond acceptors (Lipinski definition) is 5. The molecule has 0 saturated heterocycles. The van der Waals surface area contributed by atoms with E-state index in [4.69, 9.17) is 14.9 Å². The van der Waals surface area contributed by atoms with Crippen LogP contribution >= 0.6 is 0 Å². The minimum atomic E-state index is -0.856. The van der Waals surface area contributed by atoms with Crippen molar-refractivity contribution in [2.75, 3.05) is 30.9 Å². The Morgan fingerprint density at radius 1 is 0.788 bits per heavy atom. The summed E-state index contributed by atoms with van der Waals surface area (Å²) in [5.74, 6) is -1.09. The molecule has 0 saturated carbocycles. The maximum atomic E-state index is 12.4. The zero-order valence-corrected chi connectivity index (χ0v) is 20.1. The first kappa shape index (κ1) is 28.3. The number of aliphatic carboxylic acids is 2. The van der Waals surface area contributed by atoms with Crippen LogP contribution in [-0.2, 0) is 14.4 Å². The van der Waals surface area contributed by atoms with Gasteiger partial charge >= 0.3 is 11.9 Å². The third kappa shape index (κ3) is 14.1. The van der Waals surface area contributed by atoms with Crippen LogP contribution in [0.2, 0.25) is 0 Å². The van der Waals surface area contributed by atoms with Gasteiger partial charge in [-0.25, -0.2) is 0 Å². The van der Waals surface area contributed by atoms with Gasteiger partial charge in [-0.3, -0.25) is 14.4 Å². The van der Waals surface area contributed by atoms with Gasteiger partial charge in [0, 0.05) is 39.0 Å². The average Bonchev–Trinajstić information content (AvgIpc) is 2.75. The van der Waals surface area contributed by atoms with E-state index in [2.05, 4.69) is 5.32 Å². The van der Waals surface area contributed by atoms with Crippen molar-refractivity contribution in [3.63, 3.8) is 0 Å². The van der Waals surface area contributed by atoms with Crippen LogP contribution in [0, 0.1) is 0 Å². The number of hydrogen-bond donors (Lipinski definition) is 3. The Bertz CT molecular complexity index is 736. The lowest BCUT2D eigenvalue weighted by Gasteiger charge is -2.17. The molecule has 1 aromatic carbocycles. The Morgan fingerprint density at radius 3 is 1.85 bits per heavy atom. The lowest BCUT2D eigenvalue weighted by molar-refractivity contribution is -0.138. The predicted octanol–water partition coefficient (Wildman–Crippen LogP) is 5.31. The Morgan fingerprint density at radius 2 is 1.30 bits per heavy atom. The van der Waals surface area contributed by atoms with Crippen molar-refractivity contribution >= 4 is 29.2 Å². The minimum absolute atomic E-state index is 0.0438. The van der Waals surface area contributed by atoms with Gasteiger partial charge in [0.25, 0.3) is 0 Å². The molecule has 33 heavy (non-hydrogen) atoms. The quantitative estimate of drug-likeness (QED) is 0.238. The molecule has 1 rings (SSSR count). The predicted molar refractivity (Wildman–Crippen MR) is 130 cm³/mol. The van der Waals surface area contributed by atoms with Crippen molar-refractivity contribution in [2.45, 2.75) is 83.5 Å². The number of benzene rings is 1. The van der Waals surface area contributed by atoms with Crippen LogP contribution in [0.25, 0.3) is 0 Å². The van der Waals surface area contributed by atoms with Gasteiger partial charge in [0.2, 0.25) is 5.91 Å². The Labute approximate surface area is 197 Å². The number of unbranched alkanes of at least 4 members (excludes halogenated alkanes) is 8. The van der Waals surface area contributed by atoms with Gasteiger partial charge in [-0.15, -0.1) is 0 Å². The molecule has 0 aromatic heterocycles. The second kappa shape index (κ2) is 16.8. The van der Waals surface area contributed by atoms with E-state index in [9.17, 15) is 14.4 Å². The minimum Gasteiger partial charge on any atom is -0.491 e. The first-order valence-corrected chi connectivity index (χ1v) is 12.0. The van der Waals surface area contributed by atoms with Crippen molar-refractivity contribution < 1.29 is 29.3 Å². The molecule has 1 amide bonds. The van der Waals surface area contributed by atoms with Gasteiger partial charge < -0.3 is 25.2 Å². The number of carboxylic acids is 2. The molecule has 8 nitrogen and oxygen atoms in total. The van der Waals surface area contributed by atoms with Crippen molar-refractivity contribution in [3.8, 4) is 5.75 Å².